The molecule has 0 aliphatic heterocycles. The largest absolute Gasteiger partial charge is 0.451 e. The van der Waals surface area contributed by atoms with Crippen LogP contribution in [0.4, 0.5) is 0 Å². The maximum Gasteiger partial charge on any atom is 0.317 e. The molecular formula is C16H32NO3PSi. The summed E-state index contributed by atoms with van der Waals surface area (Å²) >= 11 is 0. The average Bonchev–Trinajstić information content (AvgIpc) is 2.36. The third-order valence-corrected chi connectivity index (χ3v) is 9.86. The fourth-order valence-electron chi connectivity index (χ4n) is 2.61. The Morgan fingerprint density at radius 1 is 1.36 bits per heavy atom. The van der Waals surface area contributed by atoms with E-state index in [0.29, 0.717) is 0 Å². The quantitative estimate of drug-likeness (QED) is 0.443. The van der Waals surface area contributed by atoms with E-state index in [-0.39, 0.29) is 29.1 Å². The van der Waals surface area contributed by atoms with Gasteiger partial charge in [0, 0.05) is 6.04 Å². The highest BCUT2D eigenvalue weighted by Crippen LogP contribution is 2.41. The van der Waals surface area contributed by atoms with Crippen molar-refractivity contribution < 1.29 is 13.7 Å². The van der Waals surface area contributed by atoms with Gasteiger partial charge in [0.2, 0.25) is 0 Å². The van der Waals surface area contributed by atoms with Gasteiger partial charge in [0.1, 0.15) is 5.92 Å². The maximum atomic E-state index is 12.3. The van der Waals surface area contributed by atoms with E-state index < -0.39 is 8.32 Å². The van der Waals surface area contributed by atoms with Gasteiger partial charge < -0.3 is 13.8 Å². The summed E-state index contributed by atoms with van der Waals surface area (Å²) in [6.45, 7) is 13.1. The first-order valence-corrected chi connectivity index (χ1v) is 11.2. The van der Waals surface area contributed by atoms with Crippen molar-refractivity contribution in [2.24, 2.45) is 5.92 Å². The van der Waals surface area contributed by atoms with E-state index in [9.17, 15) is 4.79 Å². The van der Waals surface area contributed by atoms with Crippen LogP contribution in [0.5, 0.6) is 0 Å². The molecule has 0 bridgehead atoms. The van der Waals surface area contributed by atoms with Crippen molar-refractivity contribution in [2.45, 2.75) is 64.4 Å². The highest BCUT2D eigenvalue weighted by atomic mass is 31.0. The molecule has 0 N–H and O–H groups in total. The van der Waals surface area contributed by atoms with E-state index in [2.05, 4.69) is 54.3 Å². The molecule has 0 saturated heterocycles. The van der Waals surface area contributed by atoms with Gasteiger partial charge in [-0.1, -0.05) is 32.4 Å². The van der Waals surface area contributed by atoms with Crippen molar-refractivity contribution >= 4 is 23.8 Å². The van der Waals surface area contributed by atoms with E-state index in [4.69, 9.17) is 8.95 Å². The van der Waals surface area contributed by atoms with E-state index >= 15 is 0 Å². The molecule has 0 aromatic heterocycles. The Morgan fingerprint density at radius 2 is 1.91 bits per heavy atom. The molecule has 1 aliphatic rings. The Kier molecular flexibility index (Phi) is 6.42. The fraction of sp³-hybridized carbons (Fsp3) is 0.812. The van der Waals surface area contributed by atoms with Gasteiger partial charge in [0.15, 0.2) is 8.32 Å². The van der Waals surface area contributed by atoms with Crippen molar-refractivity contribution in [3.63, 3.8) is 0 Å². The molecule has 1 aliphatic carbocycles. The zero-order valence-electron chi connectivity index (χ0n) is 15.3. The normalized spacial score (nSPS) is 26.8. The Labute approximate surface area is 139 Å². The van der Waals surface area contributed by atoms with Crippen LogP contribution in [0.3, 0.4) is 0 Å². The molecule has 0 saturated carbocycles. The summed E-state index contributed by atoms with van der Waals surface area (Å²) < 4.78 is 11.6. The minimum Gasteiger partial charge on any atom is -0.451 e. The van der Waals surface area contributed by atoms with Gasteiger partial charge in [0.05, 0.1) is 15.6 Å². The van der Waals surface area contributed by atoms with Crippen LogP contribution >= 0.6 is 9.47 Å². The first-order chi connectivity index (χ1) is 9.92. The van der Waals surface area contributed by atoms with Gasteiger partial charge in [-0.25, -0.2) is 0 Å². The van der Waals surface area contributed by atoms with Gasteiger partial charge in [-0.2, -0.15) is 0 Å². The monoisotopic (exact) mass is 345 g/mol. The molecule has 1 rings (SSSR count). The summed E-state index contributed by atoms with van der Waals surface area (Å²) in [5, 5.41) is 0.106. The van der Waals surface area contributed by atoms with E-state index in [1.807, 2.05) is 21.0 Å². The highest BCUT2D eigenvalue weighted by Gasteiger charge is 2.47. The Morgan fingerprint density at radius 3 is 2.32 bits per heavy atom. The Bertz CT molecular complexity index is 443. The van der Waals surface area contributed by atoms with E-state index in [0.717, 1.165) is 12.0 Å². The summed E-state index contributed by atoms with van der Waals surface area (Å²) in [5.74, 6) is -0.554. The summed E-state index contributed by atoms with van der Waals surface area (Å²) in [7, 11) is 4.19. The van der Waals surface area contributed by atoms with Gasteiger partial charge in [0.25, 0.3) is 0 Å². The predicted octanol–water partition coefficient (Wildman–Crippen LogP) is 3.61. The summed E-state index contributed by atoms with van der Waals surface area (Å²) in [4.78, 5) is 14.5. The molecule has 4 nitrogen and oxygen atoms in total. The molecular weight excluding hydrogens is 313 g/mol. The molecule has 128 valence electrons. The van der Waals surface area contributed by atoms with Crippen LogP contribution in [-0.2, 0) is 13.7 Å². The molecule has 6 heteroatoms. The second kappa shape index (κ2) is 7.12. The standard InChI is InChI=1S/C16H32NO3PSi/c1-11-9-10-12(17(5)6)14(13(11)15(18)19-21)20-22(7,8)16(2,3)4/h9,12-14H,10,21H2,1-8H3/t12?,13-,14-/m0/s1. The van der Waals surface area contributed by atoms with Crippen LogP contribution in [0.2, 0.25) is 18.1 Å². The Balaban J connectivity index is 3.21. The van der Waals surface area contributed by atoms with Gasteiger partial charge >= 0.3 is 5.97 Å². The molecule has 0 radical (unpaired) electrons. The number of carbonyl (C=O) groups excluding carboxylic acids is 1. The highest BCUT2D eigenvalue weighted by molar-refractivity contribution is 7.10. The second-order valence-electron chi connectivity index (χ2n) is 7.97. The second-order valence-corrected chi connectivity index (χ2v) is 13.0. The number of carbonyl (C=O) groups is 1. The lowest BCUT2D eigenvalue weighted by molar-refractivity contribution is -0.141. The van der Waals surface area contributed by atoms with Gasteiger partial charge in [-0.05, 0) is 45.6 Å². The molecule has 2 unspecified atom stereocenters. The SMILES string of the molecule is CC1=CCC(N(C)C)[C@H](O[Si](C)(C)C(C)(C)C)[C@H]1C(=O)OP. The fourth-order valence-corrected chi connectivity index (χ4v) is 4.08. The van der Waals surface area contributed by atoms with E-state index in [1.165, 1.54) is 0 Å². The first-order valence-electron chi connectivity index (χ1n) is 7.84. The van der Waals surface area contributed by atoms with Crippen LogP contribution in [-0.4, -0.2) is 45.4 Å². The number of hydrogen-bond donors (Lipinski definition) is 0. The van der Waals surface area contributed by atoms with Crippen molar-refractivity contribution in [1.29, 1.82) is 0 Å². The van der Waals surface area contributed by atoms with Crippen LogP contribution < -0.4 is 0 Å². The molecule has 4 atom stereocenters. The molecule has 0 aromatic carbocycles. The lowest BCUT2D eigenvalue weighted by Crippen LogP contribution is -2.55. The molecule has 22 heavy (non-hydrogen) atoms. The maximum absolute atomic E-state index is 12.3. The number of hydrogen-bond acceptors (Lipinski definition) is 4. The average molecular weight is 345 g/mol. The van der Waals surface area contributed by atoms with Crippen molar-refractivity contribution in [1.82, 2.24) is 4.90 Å². The topological polar surface area (TPSA) is 38.8 Å². The predicted molar refractivity (Wildman–Crippen MR) is 97.2 cm³/mol. The molecule has 0 fully saturated rings. The van der Waals surface area contributed by atoms with Crippen molar-refractivity contribution in [2.75, 3.05) is 14.1 Å². The molecule has 0 amide bonds. The van der Waals surface area contributed by atoms with Crippen molar-refractivity contribution in [3.05, 3.63) is 11.6 Å². The minimum absolute atomic E-state index is 0.106. The number of rotatable bonds is 4. The summed E-state index contributed by atoms with van der Waals surface area (Å²) in [6.07, 6.45) is 2.88. The third-order valence-electron chi connectivity index (χ3n) is 5.15. The van der Waals surface area contributed by atoms with Crippen LogP contribution in [0.15, 0.2) is 11.6 Å². The Hall–Kier alpha value is -0.223. The van der Waals surface area contributed by atoms with Gasteiger partial charge in [-0.15, -0.1) is 0 Å². The first kappa shape index (κ1) is 19.8. The van der Waals surface area contributed by atoms with Gasteiger partial charge in [-0.3, -0.25) is 4.79 Å². The molecule has 0 heterocycles. The molecule has 0 aromatic rings. The lowest BCUT2D eigenvalue weighted by atomic mass is 9.82. The molecule has 0 spiro atoms. The number of likely N-dealkylation sites (N-methyl/N-ethyl adjacent to an activating group) is 1. The lowest BCUT2D eigenvalue weighted by Gasteiger charge is -2.46. The van der Waals surface area contributed by atoms with Crippen LogP contribution in [0.1, 0.15) is 34.1 Å². The third kappa shape index (κ3) is 4.19. The van der Waals surface area contributed by atoms with Crippen LogP contribution in [0.25, 0.3) is 0 Å². The number of nitrogens with zero attached hydrogens (tertiary/aromatic N) is 1. The minimum atomic E-state index is -1.98. The van der Waals surface area contributed by atoms with Crippen LogP contribution in [0, 0.1) is 5.92 Å². The van der Waals surface area contributed by atoms with E-state index in [1.54, 1.807) is 0 Å². The summed E-state index contributed by atoms with van der Waals surface area (Å²) in [5.41, 5.74) is 1.05. The van der Waals surface area contributed by atoms with Crippen molar-refractivity contribution in [3.8, 4) is 0 Å². The zero-order valence-corrected chi connectivity index (χ0v) is 17.4. The zero-order chi connectivity index (χ0) is 17.3. The smallest absolute Gasteiger partial charge is 0.317 e. The summed E-state index contributed by atoms with van der Waals surface area (Å²) in [6, 6.07) is 0.187.